The van der Waals surface area contributed by atoms with Crippen LogP contribution in [0, 0.1) is 6.92 Å². The molecule has 0 spiro atoms. The standard InChI is InChI=1S/C21H22N2O2/c1-15-7-9-16(10-8-15)25-14-21(24)23-12-11-20-18(13-23)17-5-3-4-6-19(17)22(20)2/h3-10H,11-14H2,1-2H3. The maximum atomic E-state index is 12.6. The highest BCUT2D eigenvalue weighted by Gasteiger charge is 2.25. The lowest BCUT2D eigenvalue weighted by Gasteiger charge is -2.28. The summed E-state index contributed by atoms with van der Waals surface area (Å²) in [5, 5.41) is 1.25. The number of rotatable bonds is 3. The highest BCUT2D eigenvalue weighted by molar-refractivity contribution is 5.87. The third kappa shape index (κ3) is 2.88. The molecule has 128 valence electrons. The van der Waals surface area contributed by atoms with Crippen LogP contribution in [0.1, 0.15) is 16.8 Å². The number of aryl methyl sites for hydroxylation is 2. The average Bonchev–Trinajstić information content (AvgIpc) is 2.93. The molecule has 4 nitrogen and oxygen atoms in total. The number of aromatic nitrogens is 1. The Labute approximate surface area is 147 Å². The molecule has 3 aromatic rings. The van der Waals surface area contributed by atoms with Gasteiger partial charge in [-0.25, -0.2) is 0 Å². The summed E-state index contributed by atoms with van der Waals surface area (Å²) in [7, 11) is 2.11. The van der Waals surface area contributed by atoms with Crippen molar-refractivity contribution in [1.29, 1.82) is 0 Å². The van der Waals surface area contributed by atoms with Crippen LogP contribution in [0.3, 0.4) is 0 Å². The molecule has 0 saturated heterocycles. The van der Waals surface area contributed by atoms with Crippen LogP contribution in [0.25, 0.3) is 10.9 Å². The van der Waals surface area contributed by atoms with Crippen LogP contribution >= 0.6 is 0 Å². The molecule has 1 aromatic heterocycles. The maximum Gasteiger partial charge on any atom is 0.260 e. The minimum Gasteiger partial charge on any atom is -0.484 e. The lowest BCUT2D eigenvalue weighted by Crippen LogP contribution is -2.39. The Morgan fingerprint density at radius 3 is 2.68 bits per heavy atom. The van der Waals surface area contributed by atoms with Gasteiger partial charge in [-0.2, -0.15) is 0 Å². The van der Waals surface area contributed by atoms with Gasteiger partial charge in [-0.05, 0) is 25.1 Å². The second-order valence-electron chi connectivity index (χ2n) is 6.67. The topological polar surface area (TPSA) is 34.5 Å². The van der Waals surface area contributed by atoms with E-state index in [1.807, 2.05) is 36.1 Å². The molecule has 0 atom stereocenters. The van der Waals surface area contributed by atoms with Gasteiger partial charge in [-0.1, -0.05) is 35.9 Å². The molecule has 0 N–H and O–H groups in total. The van der Waals surface area contributed by atoms with Gasteiger partial charge in [0.05, 0.1) is 0 Å². The highest BCUT2D eigenvalue weighted by Crippen LogP contribution is 2.30. The molecular formula is C21H22N2O2. The zero-order valence-electron chi connectivity index (χ0n) is 14.7. The monoisotopic (exact) mass is 334 g/mol. The summed E-state index contributed by atoms with van der Waals surface area (Å²) < 4.78 is 7.92. The number of carbonyl (C=O) groups is 1. The molecule has 4 heteroatoms. The van der Waals surface area contributed by atoms with E-state index < -0.39 is 0 Å². The first-order valence-corrected chi connectivity index (χ1v) is 8.66. The second kappa shape index (κ2) is 6.28. The number of fused-ring (bicyclic) bond motifs is 3. The predicted octanol–water partition coefficient (Wildman–Crippen LogP) is 3.45. The smallest absolute Gasteiger partial charge is 0.260 e. The zero-order valence-corrected chi connectivity index (χ0v) is 14.7. The minimum absolute atomic E-state index is 0.0409. The number of nitrogens with zero attached hydrogens (tertiary/aromatic N) is 2. The van der Waals surface area contributed by atoms with E-state index in [1.54, 1.807) is 0 Å². The first-order valence-electron chi connectivity index (χ1n) is 8.66. The molecule has 1 amide bonds. The fourth-order valence-corrected chi connectivity index (χ4v) is 3.61. The van der Waals surface area contributed by atoms with Crippen LogP contribution in [-0.4, -0.2) is 28.5 Å². The summed E-state index contributed by atoms with van der Waals surface area (Å²) in [5.74, 6) is 0.779. The van der Waals surface area contributed by atoms with E-state index in [-0.39, 0.29) is 12.5 Å². The van der Waals surface area contributed by atoms with Crippen molar-refractivity contribution < 1.29 is 9.53 Å². The number of para-hydroxylation sites is 1. The van der Waals surface area contributed by atoms with Crippen LogP contribution in [0.5, 0.6) is 5.75 Å². The van der Waals surface area contributed by atoms with Crippen molar-refractivity contribution in [1.82, 2.24) is 9.47 Å². The lowest BCUT2D eigenvalue weighted by molar-refractivity contribution is -0.134. The van der Waals surface area contributed by atoms with E-state index in [1.165, 1.54) is 27.7 Å². The fourth-order valence-electron chi connectivity index (χ4n) is 3.61. The summed E-state index contributed by atoms with van der Waals surface area (Å²) in [4.78, 5) is 14.5. The van der Waals surface area contributed by atoms with Gasteiger partial charge in [0.25, 0.3) is 5.91 Å². The Bertz CT molecular complexity index is 925. The Kier molecular flexibility index (Phi) is 3.96. The van der Waals surface area contributed by atoms with Crippen molar-refractivity contribution >= 4 is 16.8 Å². The molecule has 0 bridgehead atoms. The first kappa shape index (κ1) is 15.8. The summed E-state index contributed by atoms with van der Waals surface area (Å²) in [6.45, 7) is 3.52. The minimum atomic E-state index is 0.0409. The van der Waals surface area contributed by atoms with Crippen molar-refractivity contribution in [3.8, 4) is 5.75 Å². The van der Waals surface area contributed by atoms with Gasteiger partial charge in [0.15, 0.2) is 6.61 Å². The third-order valence-electron chi connectivity index (χ3n) is 5.05. The quantitative estimate of drug-likeness (QED) is 0.735. The van der Waals surface area contributed by atoms with Crippen molar-refractivity contribution in [2.45, 2.75) is 19.9 Å². The average molecular weight is 334 g/mol. The lowest BCUT2D eigenvalue weighted by atomic mass is 10.0. The van der Waals surface area contributed by atoms with Crippen LogP contribution in [0.2, 0.25) is 0 Å². The fraction of sp³-hybridized carbons (Fsp3) is 0.286. The Hall–Kier alpha value is -2.75. The summed E-state index contributed by atoms with van der Waals surface area (Å²) in [5.41, 5.74) is 5.02. The molecule has 2 aromatic carbocycles. The van der Waals surface area contributed by atoms with E-state index in [0.717, 1.165) is 18.7 Å². The van der Waals surface area contributed by atoms with Gasteiger partial charge >= 0.3 is 0 Å². The largest absolute Gasteiger partial charge is 0.484 e. The number of benzene rings is 2. The maximum absolute atomic E-state index is 12.6. The van der Waals surface area contributed by atoms with E-state index in [0.29, 0.717) is 6.54 Å². The van der Waals surface area contributed by atoms with E-state index in [4.69, 9.17) is 4.74 Å². The normalized spacial score (nSPS) is 13.8. The molecule has 25 heavy (non-hydrogen) atoms. The summed E-state index contributed by atoms with van der Waals surface area (Å²) in [6.07, 6.45) is 0.886. The summed E-state index contributed by atoms with van der Waals surface area (Å²) in [6, 6.07) is 16.2. The van der Waals surface area contributed by atoms with Gasteiger partial charge in [-0.3, -0.25) is 4.79 Å². The zero-order chi connectivity index (χ0) is 17.4. The SMILES string of the molecule is Cc1ccc(OCC(=O)N2CCc3c(c4ccccc4n3C)C2)cc1. The highest BCUT2D eigenvalue weighted by atomic mass is 16.5. The van der Waals surface area contributed by atoms with Crippen molar-refractivity contribution in [2.75, 3.05) is 13.2 Å². The van der Waals surface area contributed by atoms with Crippen molar-refractivity contribution in [3.63, 3.8) is 0 Å². The predicted molar refractivity (Wildman–Crippen MR) is 98.7 cm³/mol. The molecular weight excluding hydrogens is 312 g/mol. The second-order valence-corrected chi connectivity index (χ2v) is 6.67. The van der Waals surface area contributed by atoms with Crippen LogP contribution in [0.4, 0.5) is 0 Å². The van der Waals surface area contributed by atoms with Crippen molar-refractivity contribution in [3.05, 3.63) is 65.4 Å². The van der Waals surface area contributed by atoms with Gasteiger partial charge in [0, 0.05) is 48.7 Å². The first-order chi connectivity index (χ1) is 12.1. The summed E-state index contributed by atoms with van der Waals surface area (Å²) >= 11 is 0. The van der Waals surface area contributed by atoms with Crippen molar-refractivity contribution in [2.24, 2.45) is 7.05 Å². The molecule has 4 rings (SSSR count). The number of carbonyl (C=O) groups excluding carboxylic acids is 1. The molecule has 0 fully saturated rings. The molecule has 1 aliphatic heterocycles. The van der Waals surface area contributed by atoms with Crippen LogP contribution in [0.15, 0.2) is 48.5 Å². The molecule has 0 aliphatic carbocycles. The van der Waals surface area contributed by atoms with Crippen LogP contribution in [-0.2, 0) is 24.8 Å². The molecule has 0 saturated carbocycles. The third-order valence-corrected chi connectivity index (χ3v) is 5.05. The molecule has 0 unspecified atom stereocenters. The number of hydrogen-bond donors (Lipinski definition) is 0. The van der Waals surface area contributed by atoms with Gasteiger partial charge in [0.1, 0.15) is 5.75 Å². The molecule has 1 aliphatic rings. The molecule has 2 heterocycles. The number of amides is 1. The van der Waals surface area contributed by atoms with Gasteiger partial charge in [0.2, 0.25) is 0 Å². The van der Waals surface area contributed by atoms with E-state index >= 15 is 0 Å². The number of hydrogen-bond acceptors (Lipinski definition) is 2. The van der Waals surface area contributed by atoms with Crippen LogP contribution < -0.4 is 4.74 Å². The van der Waals surface area contributed by atoms with Gasteiger partial charge < -0.3 is 14.2 Å². The Morgan fingerprint density at radius 2 is 1.88 bits per heavy atom. The molecule has 0 radical (unpaired) electrons. The van der Waals surface area contributed by atoms with E-state index in [9.17, 15) is 4.79 Å². The number of ether oxygens (including phenoxy) is 1. The van der Waals surface area contributed by atoms with E-state index in [2.05, 4.69) is 35.9 Å². The Balaban J connectivity index is 1.49. The Morgan fingerprint density at radius 1 is 1.12 bits per heavy atom. The van der Waals surface area contributed by atoms with Gasteiger partial charge in [-0.15, -0.1) is 0 Å².